The zero-order valence-electron chi connectivity index (χ0n) is 13.0. The molecule has 1 amide bonds. The van der Waals surface area contributed by atoms with Gasteiger partial charge in [0.1, 0.15) is 11.6 Å². The number of rotatable bonds is 5. The van der Waals surface area contributed by atoms with E-state index in [1.54, 1.807) is 4.90 Å². The maximum atomic E-state index is 13.5. The molecular formula is C16H19F3N2O3. The van der Waals surface area contributed by atoms with Crippen molar-refractivity contribution in [1.82, 2.24) is 9.80 Å². The number of carbonyl (C=O) groups excluding carboxylic acids is 1. The highest BCUT2D eigenvalue weighted by molar-refractivity contribution is 5.78. The number of alkyl halides is 2. The quantitative estimate of drug-likeness (QED) is 0.870. The fraction of sp³-hybridized carbons (Fsp3) is 0.562. The van der Waals surface area contributed by atoms with Crippen molar-refractivity contribution < 1.29 is 27.8 Å². The van der Waals surface area contributed by atoms with Crippen LogP contribution in [-0.4, -0.2) is 71.7 Å². The van der Waals surface area contributed by atoms with E-state index >= 15 is 0 Å². The molecule has 24 heavy (non-hydrogen) atoms. The van der Waals surface area contributed by atoms with E-state index in [-0.39, 0.29) is 43.9 Å². The third-order valence-electron chi connectivity index (χ3n) is 4.49. The van der Waals surface area contributed by atoms with Gasteiger partial charge in [-0.25, -0.2) is 13.2 Å². The maximum absolute atomic E-state index is 13.5. The van der Waals surface area contributed by atoms with Crippen molar-refractivity contribution in [3.8, 4) is 5.75 Å². The summed E-state index contributed by atoms with van der Waals surface area (Å²) in [7, 11) is 0. The van der Waals surface area contributed by atoms with Crippen molar-refractivity contribution in [1.29, 1.82) is 0 Å². The van der Waals surface area contributed by atoms with Crippen LogP contribution in [0.3, 0.4) is 0 Å². The average Bonchev–Trinajstić information content (AvgIpc) is 2.80. The molecule has 2 aliphatic rings. The van der Waals surface area contributed by atoms with Gasteiger partial charge in [-0.2, -0.15) is 0 Å². The summed E-state index contributed by atoms with van der Waals surface area (Å²) in [6.07, 6.45) is -0.346. The molecule has 2 aliphatic heterocycles. The lowest BCUT2D eigenvalue weighted by molar-refractivity contribution is -0.141. The molecule has 0 saturated carbocycles. The molecule has 2 fully saturated rings. The molecule has 1 aromatic carbocycles. The molecule has 2 heterocycles. The van der Waals surface area contributed by atoms with Crippen LogP contribution in [0.2, 0.25) is 0 Å². The van der Waals surface area contributed by atoms with Crippen molar-refractivity contribution in [2.75, 3.05) is 32.8 Å². The van der Waals surface area contributed by atoms with Gasteiger partial charge in [-0.15, -0.1) is 0 Å². The van der Waals surface area contributed by atoms with Gasteiger partial charge in [-0.3, -0.25) is 9.69 Å². The number of amides is 1. The van der Waals surface area contributed by atoms with E-state index in [1.807, 2.05) is 0 Å². The minimum Gasteiger partial charge on any atom is -0.484 e. The number of aliphatic hydroxyl groups is 1. The summed E-state index contributed by atoms with van der Waals surface area (Å²) in [6, 6.07) is 4.62. The second-order valence-corrected chi connectivity index (χ2v) is 6.26. The first-order valence-electron chi connectivity index (χ1n) is 7.78. The Bertz CT molecular complexity index is 591. The summed E-state index contributed by atoms with van der Waals surface area (Å²) in [5.74, 6) is -3.03. The molecule has 0 radical (unpaired) electrons. The number of halogens is 3. The van der Waals surface area contributed by atoms with Crippen LogP contribution in [0.25, 0.3) is 0 Å². The Balaban J connectivity index is 1.46. The SMILES string of the molecule is O=C(COc1ccc(F)cc1)N1CC(N2CC(F)(F)C[C@H]2CO)C1. The predicted octanol–water partition coefficient (Wildman–Crippen LogP) is 1.12. The molecule has 132 valence electrons. The summed E-state index contributed by atoms with van der Waals surface area (Å²) in [6.45, 7) is -0.182. The smallest absolute Gasteiger partial charge is 0.262 e. The molecule has 0 bridgehead atoms. The zero-order valence-corrected chi connectivity index (χ0v) is 13.0. The normalized spacial score (nSPS) is 24.0. The van der Waals surface area contributed by atoms with E-state index in [2.05, 4.69) is 0 Å². The Labute approximate surface area is 137 Å². The summed E-state index contributed by atoms with van der Waals surface area (Å²) >= 11 is 0. The molecule has 0 spiro atoms. The minimum absolute atomic E-state index is 0.162. The first-order valence-corrected chi connectivity index (χ1v) is 7.78. The average molecular weight is 344 g/mol. The maximum Gasteiger partial charge on any atom is 0.262 e. The number of carbonyl (C=O) groups is 1. The first-order chi connectivity index (χ1) is 11.4. The highest BCUT2D eigenvalue weighted by atomic mass is 19.3. The van der Waals surface area contributed by atoms with Gasteiger partial charge in [0.15, 0.2) is 6.61 Å². The van der Waals surface area contributed by atoms with Gasteiger partial charge in [-0.05, 0) is 24.3 Å². The van der Waals surface area contributed by atoms with E-state index in [0.717, 1.165) is 0 Å². The van der Waals surface area contributed by atoms with Gasteiger partial charge < -0.3 is 14.7 Å². The molecule has 0 aliphatic carbocycles. The van der Waals surface area contributed by atoms with Crippen molar-refractivity contribution >= 4 is 5.91 Å². The minimum atomic E-state index is -2.79. The predicted molar refractivity (Wildman–Crippen MR) is 79.4 cm³/mol. The Morgan fingerprint density at radius 3 is 2.58 bits per heavy atom. The lowest BCUT2D eigenvalue weighted by atomic mass is 10.1. The van der Waals surface area contributed by atoms with Gasteiger partial charge in [0, 0.05) is 31.6 Å². The summed E-state index contributed by atoms with van der Waals surface area (Å²) in [4.78, 5) is 15.1. The lowest BCUT2D eigenvalue weighted by Gasteiger charge is -2.45. The highest BCUT2D eigenvalue weighted by Crippen LogP contribution is 2.35. The van der Waals surface area contributed by atoms with Crippen molar-refractivity contribution in [2.24, 2.45) is 0 Å². The standard InChI is InChI=1S/C16H19F3N2O3/c17-11-1-3-14(4-2-11)24-9-15(23)20-6-13(7-20)21-10-16(18,19)5-12(21)8-22/h1-4,12-13,22H,5-10H2/t12-/m0/s1. The number of aliphatic hydroxyl groups excluding tert-OH is 1. The third-order valence-corrected chi connectivity index (χ3v) is 4.49. The van der Waals surface area contributed by atoms with Crippen LogP contribution in [0.4, 0.5) is 13.2 Å². The van der Waals surface area contributed by atoms with Crippen LogP contribution < -0.4 is 4.74 Å². The first kappa shape index (κ1) is 17.0. The second-order valence-electron chi connectivity index (χ2n) is 6.26. The molecule has 0 unspecified atom stereocenters. The lowest BCUT2D eigenvalue weighted by Crippen LogP contribution is -2.63. The number of benzene rings is 1. The largest absolute Gasteiger partial charge is 0.484 e. The van der Waals surface area contributed by atoms with Gasteiger partial charge >= 0.3 is 0 Å². The number of hydrogen-bond acceptors (Lipinski definition) is 4. The van der Waals surface area contributed by atoms with Crippen LogP contribution in [0.5, 0.6) is 5.75 Å². The number of nitrogens with zero attached hydrogens (tertiary/aromatic N) is 2. The van der Waals surface area contributed by atoms with E-state index < -0.39 is 12.0 Å². The van der Waals surface area contributed by atoms with Crippen LogP contribution in [0.1, 0.15) is 6.42 Å². The van der Waals surface area contributed by atoms with E-state index in [9.17, 15) is 23.1 Å². The van der Waals surface area contributed by atoms with Crippen LogP contribution >= 0.6 is 0 Å². The number of likely N-dealkylation sites (tertiary alicyclic amines) is 2. The van der Waals surface area contributed by atoms with Crippen LogP contribution in [0.15, 0.2) is 24.3 Å². The van der Waals surface area contributed by atoms with Crippen molar-refractivity contribution in [3.63, 3.8) is 0 Å². The molecule has 1 aromatic rings. The molecule has 8 heteroatoms. The monoisotopic (exact) mass is 344 g/mol. The van der Waals surface area contributed by atoms with E-state index in [1.165, 1.54) is 29.2 Å². The summed E-state index contributed by atoms with van der Waals surface area (Å²) in [5.41, 5.74) is 0. The Hall–Kier alpha value is -1.80. The Morgan fingerprint density at radius 2 is 1.96 bits per heavy atom. The summed E-state index contributed by atoms with van der Waals surface area (Å²) < 4.78 is 45.0. The van der Waals surface area contributed by atoms with Gasteiger partial charge in [0.2, 0.25) is 0 Å². The highest BCUT2D eigenvalue weighted by Gasteiger charge is 2.49. The molecule has 2 saturated heterocycles. The molecule has 1 N–H and O–H groups in total. The van der Waals surface area contributed by atoms with E-state index in [4.69, 9.17) is 4.74 Å². The van der Waals surface area contributed by atoms with Crippen molar-refractivity contribution in [2.45, 2.75) is 24.4 Å². The van der Waals surface area contributed by atoms with Gasteiger partial charge in [0.25, 0.3) is 11.8 Å². The van der Waals surface area contributed by atoms with Crippen LogP contribution in [0, 0.1) is 5.82 Å². The molecule has 3 rings (SSSR count). The molecule has 0 aromatic heterocycles. The fourth-order valence-electron chi connectivity index (χ4n) is 3.16. The Kier molecular flexibility index (Phi) is 4.69. The molecule has 5 nitrogen and oxygen atoms in total. The van der Waals surface area contributed by atoms with Crippen molar-refractivity contribution in [3.05, 3.63) is 30.1 Å². The topological polar surface area (TPSA) is 53.0 Å². The van der Waals surface area contributed by atoms with Gasteiger partial charge in [0.05, 0.1) is 13.2 Å². The molecular weight excluding hydrogens is 325 g/mol. The Morgan fingerprint density at radius 1 is 1.29 bits per heavy atom. The number of hydrogen-bond donors (Lipinski definition) is 1. The zero-order chi connectivity index (χ0) is 17.3. The summed E-state index contributed by atoms with van der Waals surface area (Å²) in [5, 5.41) is 9.24. The van der Waals surface area contributed by atoms with Gasteiger partial charge in [-0.1, -0.05) is 0 Å². The number of ether oxygens (including phenoxy) is 1. The van der Waals surface area contributed by atoms with Crippen LogP contribution in [-0.2, 0) is 4.79 Å². The fourth-order valence-corrected chi connectivity index (χ4v) is 3.16. The third kappa shape index (κ3) is 3.64. The molecule has 1 atom stereocenters. The second kappa shape index (κ2) is 6.60. The van der Waals surface area contributed by atoms with E-state index in [0.29, 0.717) is 18.8 Å².